The highest BCUT2D eigenvalue weighted by molar-refractivity contribution is 9.11. The van der Waals surface area contributed by atoms with Gasteiger partial charge in [-0.25, -0.2) is 4.68 Å². The Morgan fingerprint density at radius 3 is 2.58 bits per heavy atom. The third kappa shape index (κ3) is 6.22. The number of allylic oxidation sites excluding steroid dienone is 1. The number of aromatic nitrogens is 3. The Morgan fingerprint density at radius 2 is 1.83 bits per heavy atom. The molecule has 1 spiro atoms. The number of rotatable bonds is 8. The van der Waals surface area contributed by atoms with Crippen LogP contribution in [0.2, 0.25) is 0 Å². The second kappa shape index (κ2) is 14.9. The van der Waals surface area contributed by atoms with Gasteiger partial charge in [0.25, 0.3) is 5.91 Å². The van der Waals surface area contributed by atoms with Crippen molar-refractivity contribution in [2.24, 2.45) is 11.8 Å². The number of nitrogens with zero attached hydrogens (tertiary/aromatic N) is 5. The number of methoxy groups -OCH3 is 1. The van der Waals surface area contributed by atoms with Gasteiger partial charge in [-0.15, -0.1) is 5.10 Å². The zero-order valence-electron chi connectivity index (χ0n) is 28.8. The molecule has 2 fully saturated rings. The van der Waals surface area contributed by atoms with Crippen LogP contribution in [0.15, 0.2) is 77.3 Å². The quantitative estimate of drug-likeness (QED) is 0.257. The van der Waals surface area contributed by atoms with E-state index in [1.54, 1.807) is 46.0 Å². The number of cyclic esters (lactones) is 1. The van der Waals surface area contributed by atoms with Gasteiger partial charge in [0.05, 0.1) is 36.7 Å². The first-order valence-electron chi connectivity index (χ1n) is 17.5. The molecule has 3 aromatic rings. The molecule has 8 atom stereocenters. The van der Waals surface area contributed by atoms with E-state index >= 15 is 4.79 Å². The molecule has 5 heterocycles. The van der Waals surface area contributed by atoms with Gasteiger partial charge in [0, 0.05) is 24.6 Å². The number of hydrogen-bond donors (Lipinski definition) is 2. The van der Waals surface area contributed by atoms with E-state index < -0.39 is 72.2 Å². The van der Waals surface area contributed by atoms with E-state index in [-0.39, 0.29) is 32.1 Å². The van der Waals surface area contributed by atoms with Crippen molar-refractivity contribution >= 4 is 50.7 Å². The maximum absolute atomic E-state index is 15.1. The molecule has 7 rings (SSSR count). The van der Waals surface area contributed by atoms with Crippen LogP contribution >= 0.6 is 15.9 Å². The van der Waals surface area contributed by atoms with E-state index in [0.29, 0.717) is 33.9 Å². The van der Waals surface area contributed by atoms with Crippen LogP contribution in [-0.4, -0.2) is 110 Å². The Balaban J connectivity index is 1.34. The molecule has 0 radical (unpaired) electrons. The van der Waals surface area contributed by atoms with Gasteiger partial charge in [0.15, 0.2) is 0 Å². The lowest BCUT2D eigenvalue weighted by Crippen LogP contribution is -2.58. The summed E-state index contributed by atoms with van der Waals surface area (Å²) in [4.78, 5) is 60.6. The summed E-state index contributed by atoms with van der Waals surface area (Å²) in [7, 11) is 1.50. The first-order valence-corrected chi connectivity index (χ1v) is 18.3. The van der Waals surface area contributed by atoms with Gasteiger partial charge in [0.1, 0.15) is 42.0 Å². The normalized spacial score (nSPS) is 30.7. The summed E-state index contributed by atoms with van der Waals surface area (Å²) in [6, 6.07) is 13.7. The zero-order valence-corrected chi connectivity index (χ0v) is 30.4. The van der Waals surface area contributed by atoms with Crippen molar-refractivity contribution in [1.82, 2.24) is 30.1 Å². The van der Waals surface area contributed by atoms with E-state index in [4.69, 9.17) is 14.2 Å². The van der Waals surface area contributed by atoms with Gasteiger partial charge >= 0.3 is 5.97 Å². The lowest BCUT2D eigenvalue weighted by molar-refractivity contribution is -0.163. The van der Waals surface area contributed by atoms with Crippen molar-refractivity contribution in [2.45, 2.75) is 68.8 Å². The Labute approximate surface area is 308 Å². The average Bonchev–Trinajstić information content (AvgIpc) is 3.87. The Bertz CT molecular complexity index is 1900. The largest absolute Gasteiger partial charge is 0.455 e. The minimum absolute atomic E-state index is 0.0173. The molecule has 2 saturated heterocycles. The summed E-state index contributed by atoms with van der Waals surface area (Å²) in [6.07, 6.45) is 4.31. The number of benzene rings is 2. The Morgan fingerprint density at radius 1 is 1.06 bits per heavy atom. The van der Waals surface area contributed by atoms with Gasteiger partial charge in [-0.1, -0.05) is 82.7 Å². The summed E-state index contributed by atoms with van der Waals surface area (Å²) in [5, 5.41) is 22.1. The predicted octanol–water partition coefficient (Wildman–Crippen LogP) is 2.63. The summed E-state index contributed by atoms with van der Waals surface area (Å²) < 4.78 is 20.6. The fraction of sp³-hybridized carbons (Fsp3) is 0.459. The van der Waals surface area contributed by atoms with E-state index in [1.807, 2.05) is 43.3 Å². The van der Waals surface area contributed by atoms with E-state index in [2.05, 4.69) is 31.6 Å². The second-order valence-electron chi connectivity index (χ2n) is 13.5. The number of hydrogen-bond acceptors (Lipinski definition) is 10. The number of para-hydroxylation sites is 1. The van der Waals surface area contributed by atoms with Crippen LogP contribution in [0.25, 0.3) is 11.0 Å². The van der Waals surface area contributed by atoms with Crippen LogP contribution in [-0.2, 0) is 40.1 Å². The summed E-state index contributed by atoms with van der Waals surface area (Å²) in [5.74, 6) is -4.21. The number of aliphatic hydroxyl groups excluding tert-OH is 1. The highest BCUT2D eigenvalue weighted by Crippen LogP contribution is 2.59. The number of ether oxygens (including phenoxy) is 3. The Kier molecular flexibility index (Phi) is 10.3. The number of amides is 3. The maximum atomic E-state index is 15.1. The SMILES string of the molecule is CC[C@@H](CO)N1C(=O)[C@@H]2[C@H]3C(=O)O[C@@H](c4ccccc4)[C@H](COC)NC(=O)CC/C=C\CN(Cn4nnc5ccccc54)C(=O)[C@@H]1[C@]21C=C(Br)[C@H]3O1. The van der Waals surface area contributed by atoms with Crippen molar-refractivity contribution in [3.63, 3.8) is 0 Å². The van der Waals surface area contributed by atoms with Crippen LogP contribution in [0.4, 0.5) is 0 Å². The standard InChI is InChI=1S/C37H41BrN6O8/c1-3-23(19-45)44-33-35(48)42(21-43-27-15-10-9-14-25(27)40-41-43)17-11-5-8-16-28(46)39-26(20-50-2)31(22-12-6-4-7-13-22)51-36(49)29-30(34(44)47)37(33)18-24(38)32(29)52-37/h4-7,9-15,18,23,26,29-33,45H,3,8,16-17,19-21H2,1-2H3,(H,39,46)/b11-5-/t23-,26-,29+,30-,31-,32+,33+,37-/m0/s1. The molecule has 5 bridgehead atoms. The predicted molar refractivity (Wildman–Crippen MR) is 190 cm³/mol. The molecule has 4 aliphatic heterocycles. The molecular formula is C37H41BrN6O8. The fourth-order valence-corrected chi connectivity index (χ4v) is 8.75. The molecule has 3 amide bonds. The molecule has 52 heavy (non-hydrogen) atoms. The summed E-state index contributed by atoms with van der Waals surface area (Å²) in [5.41, 5.74) is 0.432. The topological polar surface area (TPSA) is 165 Å². The third-order valence-electron chi connectivity index (χ3n) is 10.4. The van der Waals surface area contributed by atoms with Gasteiger partial charge in [-0.05, 0) is 36.6 Å². The van der Waals surface area contributed by atoms with E-state index in [9.17, 15) is 19.5 Å². The number of carbonyl (C=O) groups is 4. The van der Waals surface area contributed by atoms with Crippen LogP contribution in [0.5, 0.6) is 0 Å². The van der Waals surface area contributed by atoms with Crippen molar-refractivity contribution in [2.75, 3.05) is 26.9 Å². The molecule has 4 aliphatic rings. The maximum Gasteiger partial charge on any atom is 0.313 e. The first-order chi connectivity index (χ1) is 25.2. The number of halogens is 1. The fourth-order valence-electron chi connectivity index (χ4n) is 8.01. The van der Waals surface area contributed by atoms with E-state index in [0.717, 1.165) is 0 Å². The molecule has 14 nitrogen and oxygen atoms in total. The minimum Gasteiger partial charge on any atom is -0.455 e. The summed E-state index contributed by atoms with van der Waals surface area (Å²) in [6.45, 7) is 1.55. The minimum atomic E-state index is -1.55. The van der Waals surface area contributed by atoms with Gasteiger partial charge in [-0.2, -0.15) is 0 Å². The molecule has 15 heteroatoms. The number of nitrogens with one attached hydrogen (secondary N) is 1. The van der Waals surface area contributed by atoms with Crippen molar-refractivity contribution in [3.05, 3.63) is 82.9 Å². The Hall–Kier alpha value is -4.44. The summed E-state index contributed by atoms with van der Waals surface area (Å²) >= 11 is 3.60. The molecule has 1 aromatic heterocycles. The molecule has 2 aromatic carbocycles. The van der Waals surface area contributed by atoms with Crippen LogP contribution in [0.1, 0.15) is 37.9 Å². The van der Waals surface area contributed by atoms with Gasteiger partial charge in [-0.3, -0.25) is 19.2 Å². The average molecular weight is 778 g/mol. The van der Waals surface area contributed by atoms with Gasteiger partial charge in [0.2, 0.25) is 11.8 Å². The second-order valence-corrected chi connectivity index (χ2v) is 14.4. The van der Waals surface area contributed by atoms with Crippen LogP contribution in [0.3, 0.4) is 0 Å². The number of esters is 1. The van der Waals surface area contributed by atoms with Crippen LogP contribution in [0, 0.1) is 11.8 Å². The third-order valence-corrected chi connectivity index (χ3v) is 11.1. The lowest BCUT2D eigenvalue weighted by atomic mass is 9.74. The number of aliphatic hydroxyl groups is 1. The highest BCUT2D eigenvalue weighted by Gasteiger charge is 2.75. The molecule has 0 saturated carbocycles. The van der Waals surface area contributed by atoms with Gasteiger partial charge < -0.3 is 34.4 Å². The van der Waals surface area contributed by atoms with E-state index in [1.165, 1.54) is 12.0 Å². The molecule has 2 N–H and O–H groups in total. The van der Waals surface area contributed by atoms with Crippen molar-refractivity contribution in [1.29, 1.82) is 0 Å². The van der Waals surface area contributed by atoms with Crippen molar-refractivity contribution < 1.29 is 38.5 Å². The zero-order chi connectivity index (χ0) is 36.6. The molecular weight excluding hydrogens is 736 g/mol. The number of fused-ring (bicyclic) bond motifs is 3. The molecule has 0 unspecified atom stereocenters. The molecule has 274 valence electrons. The number of likely N-dealkylation sites (tertiary alicyclic amines) is 1. The monoisotopic (exact) mass is 776 g/mol. The molecule has 0 aliphatic carbocycles. The van der Waals surface area contributed by atoms with Crippen molar-refractivity contribution in [3.8, 4) is 0 Å². The number of carbonyl (C=O) groups excluding carboxylic acids is 4. The van der Waals surface area contributed by atoms with Crippen LogP contribution < -0.4 is 5.32 Å². The lowest BCUT2D eigenvalue weighted by Gasteiger charge is -2.38. The smallest absolute Gasteiger partial charge is 0.313 e. The first kappa shape index (κ1) is 35.9. The highest BCUT2D eigenvalue weighted by atomic mass is 79.9.